The van der Waals surface area contributed by atoms with Gasteiger partial charge in [0, 0.05) is 30.5 Å². The van der Waals surface area contributed by atoms with Gasteiger partial charge in [-0.05, 0) is 35.4 Å². The number of hydrogen-bond donors (Lipinski definition) is 1. The monoisotopic (exact) mass is 405 g/mol. The minimum absolute atomic E-state index is 0.0107. The third-order valence-electron chi connectivity index (χ3n) is 4.65. The summed E-state index contributed by atoms with van der Waals surface area (Å²) in [5, 5.41) is 17.6. The fraction of sp³-hybridized carbons (Fsp3) is 0.136. The lowest BCUT2D eigenvalue weighted by atomic mass is 10.1. The van der Waals surface area contributed by atoms with Crippen LogP contribution < -0.4 is 10.1 Å². The molecule has 0 radical (unpaired) electrons. The predicted molar refractivity (Wildman–Crippen MR) is 108 cm³/mol. The number of halogens is 2. The molecule has 0 atom stereocenters. The number of benzene rings is 2. The maximum Gasteiger partial charge on any atom is 0.387 e. The lowest BCUT2D eigenvalue weighted by Gasteiger charge is -2.15. The van der Waals surface area contributed by atoms with Gasteiger partial charge in [-0.15, -0.1) is 0 Å². The first-order valence-electron chi connectivity index (χ1n) is 9.20. The highest BCUT2D eigenvalue weighted by atomic mass is 19.3. The molecule has 0 spiro atoms. The van der Waals surface area contributed by atoms with E-state index in [4.69, 9.17) is 0 Å². The smallest absolute Gasteiger partial charge is 0.387 e. The van der Waals surface area contributed by atoms with E-state index in [1.165, 1.54) is 18.3 Å². The van der Waals surface area contributed by atoms with Crippen molar-refractivity contribution >= 4 is 16.6 Å². The topological polar surface area (TPSA) is 75.8 Å². The van der Waals surface area contributed by atoms with Crippen LogP contribution in [0.2, 0.25) is 0 Å². The van der Waals surface area contributed by atoms with E-state index in [1.807, 2.05) is 41.2 Å². The summed E-state index contributed by atoms with van der Waals surface area (Å²) in [6.07, 6.45) is 5.08. The first-order chi connectivity index (χ1) is 14.6. The van der Waals surface area contributed by atoms with Crippen LogP contribution in [-0.4, -0.2) is 21.4 Å². The molecule has 2 aromatic heterocycles. The van der Waals surface area contributed by atoms with Crippen LogP contribution in [0.5, 0.6) is 5.75 Å². The number of alkyl halides is 2. The average molecular weight is 405 g/mol. The Morgan fingerprint density at radius 3 is 2.70 bits per heavy atom. The third-order valence-corrected chi connectivity index (χ3v) is 4.65. The van der Waals surface area contributed by atoms with Crippen molar-refractivity contribution in [2.75, 3.05) is 5.32 Å². The Morgan fingerprint density at radius 1 is 1.13 bits per heavy atom. The zero-order valence-corrected chi connectivity index (χ0v) is 15.8. The van der Waals surface area contributed by atoms with Gasteiger partial charge in [-0.3, -0.25) is 9.67 Å². The number of nitrogens with one attached hydrogen (secondary N) is 1. The van der Waals surface area contributed by atoms with Crippen LogP contribution >= 0.6 is 0 Å². The summed E-state index contributed by atoms with van der Waals surface area (Å²) < 4.78 is 31.6. The molecule has 30 heavy (non-hydrogen) atoms. The molecule has 8 heteroatoms. The highest BCUT2D eigenvalue weighted by Gasteiger charge is 2.13. The van der Waals surface area contributed by atoms with Gasteiger partial charge in [-0.2, -0.15) is 19.1 Å². The van der Waals surface area contributed by atoms with Crippen LogP contribution in [0.15, 0.2) is 67.1 Å². The van der Waals surface area contributed by atoms with Crippen molar-refractivity contribution in [2.24, 2.45) is 0 Å². The highest BCUT2D eigenvalue weighted by molar-refractivity contribution is 5.94. The number of fused-ring (bicyclic) bond motifs is 1. The second-order valence-electron chi connectivity index (χ2n) is 6.54. The number of anilines is 1. The largest absolute Gasteiger partial charge is 0.435 e. The summed E-state index contributed by atoms with van der Waals surface area (Å²) in [5.74, 6) is 0.0107. The zero-order chi connectivity index (χ0) is 20.9. The highest BCUT2D eigenvalue weighted by Crippen LogP contribution is 2.30. The van der Waals surface area contributed by atoms with Crippen molar-refractivity contribution in [2.45, 2.75) is 19.7 Å². The average Bonchev–Trinajstić information content (AvgIpc) is 3.25. The van der Waals surface area contributed by atoms with Gasteiger partial charge in [0.1, 0.15) is 11.8 Å². The Hall–Kier alpha value is -3.99. The van der Waals surface area contributed by atoms with Gasteiger partial charge in [-0.1, -0.05) is 24.3 Å². The van der Waals surface area contributed by atoms with Gasteiger partial charge in [0.2, 0.25) is 0 Å². The molecule has 0 aliphatic rings. The fourth-order valence-corrected chi connectivity index (χ4v) is 3.26. The van der Waals surface area contributed by atoms with Gasteiger partial charge in [0.25, 0.3) is 0 Å². The van der Waals surface area contributed by atoms with Crippen LogP contribution in [0.25, 0.3) is 10.9 Å². The number of ether oxygens (including phenoxy) is 1. The molecule has 0 aliphatic heterocycles. The van der Waals surface area contributed by atoms with Crippen molar-refractivity contribution in [1.82, 2.24) is 14.8 Å². The lowest BCUT2D eigenvalue weighted by Crippen LogP contribution is -2.08. The van der Waals surface area contributed by atoms with Gasteiger partial charge >= 0.3 is 6.61 Å². The first-order valence-corrected chi connectivity index (χ1v) is 9.20. The van der Waals surface area contributed by atoms with E-state index in [1.54, 1.807) is 12.3 Å². The predicted octanol–water partition coefficient (Wildman–Crippen LogP) is 4.56. The number of hydrogen-bond acceptors (Lipinski definition) is 5. The molecular weight excluding hydrogens is 388 g/mol. The Morgan fingerprint density at radius 2 is 1.97 bits per heavy atom. The van der Waals surface area contributed by atoms with Crippen molar-refractivity contribution < 1.29 is 13.5 Å². The van der Waals surface area contributed by atoms with Gasteiger partial charge < -0.3 is 10.1 Å². The van der Waals surface area contributed by atoms with Crippen LogP contribution in [-0.2, 0) is 13.1 Å². The molecule has 4 aromatic rings. The maximum absolute atomic E-state index is 12.6. The summed E-state index contributed by atoms with van der Waals surface area (Å²) in [6.45, 7) is -1.88. The Bertz CT molecular complexity index is 1200. The fourth-order valence-electron chi connectivity index (χ4n) is 3.26. The summed E-state index contributed by atoms with van der Waals surface area (Å²) in [5.41, 5.74) is 3.52. The van der Waals surface area contributed by atoms with Gasteiger partial charge in [0.05, 0.1) is 23.3 Å². The minimum atomic E-state index is -2.93. The minimum Gasteiger partial charge on any atom is -0.435 e. The normalized spacial score (nSPS) is 10.9. The van der Waals surface area contributed by atoms with E-state index in [-0.39, 0.29) is 5.75 Å². The van der Waals surface area contributed by atoms with Crippen molar-refractivity contribution in [3.05, 3.63) is 83.8 Å². The molecule has 0 bridgehead atoms. The van der Waals surface area contributed by atoms with Crippen LogP contribution in [0.3, 0.4) is 0 Å². The molecule has 2 heterocycles. The van der Waals surface area contributed by atoms with Crippen molar-refractivity contribution in [1.29, 1.82) is 5.26 Å². The Labute approximate surface area is 171 Å². The molecule has 0 saturated carbocycles. The van der Waals surface area contributed by atoms with E-state index in [9.17, 15) is 14.0 Å². The Balaban J connectivity index is 1.66. The summed E-state index contributed by atoms with van der Waals surface area (Å²) >= 11 is 0. The maximum atomic E-state index is 12.6. The number of nitrogens with zero attached hydrogens (tertiary/aromatic N) is 4. The molecular formula is C22H17F2N5O. The number of nitriles is 1. The number of pyridine rings is 1. The molecule has 0 saturated heterocycles. The number of rotatable bonds is 7. The first kappa shape index (κ1) is 19.3. The molecule has 0 aliphatic carbocycles. The number of aromatic nitrogens is 3. The van der Waals surface area contributed by atoms with E-state index in [0.29, 0.717) is 35.2 Å². The van der Waals surface area contributed by atoms with Gasteiger partial charge in [-0.25, -0.2) is 0 Å². The van der Waals surface area contributed by atoms with E-state index in [2.05, 4.69) is 26.2 Å². The molecule has 1 N–H and O–H groups in total. The molecule has 2 aromatic carbocycles. The van der Waals surface area contributed by atoms with E-state index in [0.717, 1.165) is 11.1 Å². The quantitative estimate of drug-likeness (QED) is 0.488. The van der Waals surface area contributed by atoms with E-state index < -0.39 is 6.61 Å². The Kier molecular flexibility index (Phi) is 5.52. The van der Waals surface area contributed by atoms with Crippen molar-refractivity contribution in [3.63, 3.8) is 0 Å². The second kappa shape index (κ2) is 8.57. The molecule has 0 amide bonds. The second-order valence-corrected chi connectivity index (χ2v) is 6.54. The molecule has 4 rings (SSSR count). The summed E-state index contributed by atoms with van der Waals surface area (Å²) in [4.78, 5) is 4.24. The van der Waals surface area contributed by atoms with E-state index >= 15 is 0 Å². The van der Waals surface area contributed by atoms with Crippen LogP contribution in [0.4, 0.5) is 14.5 Å². The molecule has 6 nitrogen and oxygen atoms in total. The lowest BCUT2D eigenvalue weighted by molar-refractivity contribution is -0.0497. The third kappa shape index (κ3) is 4.20. The SMILES string of the molecule is N#Cc1cnc2ccc(OC(F)F)cc2c1NCc1ccccc1Cn1cccn1. The van der Waals surface area contributed by atoms with Crippen LogP contribution in [0, 0.1) is 11.3 Å². The summed E-state index contributed by atoms with van der Waals surface area (Å²) in [6, 6.07) is 16.4. The molecule has 0 fully saturated rings. The summed E-state index contributed by atoms with van der Waals surface area (Å²) in [7, 11) is 0. The zero-order valence-electron chi connectivity index (χ0n) is 15.8. The van der Waals surface area contributed by atoms with Gasteiger partial charge in [0.15, 0.2) is 0 Å². The van der Waals surface area contributed by atoms with Crippen molar-refractivity contribution in [3.8, 4) is 11.8 Å². The van der Waals surface area contributed by atoms with Crippen LogP contribution in [0.1, 0.15) is 16.7 Å². The molecule has 150 valence electrons. The molecule has 0 unspecified atom stereocenters. The standard InChI is InChI=1S/C22H17F2N5O/c23-22(24)30-18-6-7-20-19(10-18)21(17(11-25)13-26-20)27-12-15-4-1-2-5-16(15)14-29-9-3-8-28-29/h1-10,13,22H,12,14H2,(H,26,27).